The molecule has 5 nitrogen and oxygen atoms in total. The molecule has 1 aromatic carbocycles. The Hall–Kier alpha value is -2.11. The second-order valence-corrected chi connectivity index (χ2v) is 8.28. The highest BCUT2D eigenvalue weighted by molar-refractivity contribution is 5.79. The highest BCUT2D eigenvalue weighted by atomic mass is 15.3. The second kappa shape index (κ2) is 7.13. The van der Waals surface area contributed by atoms with Crippen LogP contribution in [0, 0.1) is 0 Å². The zero-order chi connectivity index (χ0) is 18.2. The number of aromatic amines is 1. The maximum atomic E-state index is 4.93. The average Bonchev–Trinajstić information content (AvgIpc) is 3.34. The Labute approximate surface area is 161 Å². The van der Waals surface area contributed by atoms with Crippen LogP contribution < -0.4 is 0 Å². The molecule has 4 heterocycles. The fraction of sp³-hybridized carbons (Fsp3) is 0.500. The van der Waals surface area contributed by atoms with Gasteiger partial charge in [0.1, 0.15) is 0 Å². The summed E-state index contributed by atoms with van der Waals surface area (Å²) in [7, 11) is 0. The van der Waals surface area contributed by atoms with Crippen molar-refractivity contribution in [3.63, 3.8) is 0 Å². The normalized spacial score (nSPS) is 21.6. The summed E-state index contributed by atoms with van der Waals surface area (Å²) in [5, 5.41) is 6.23. The Morgan fingerprint density at radius 2 is 2.04 bits per heavy atom. The number of benzene rings is 1. The number of aryl methyl sites for hydroxylation is 1. The molecule has 5 rings (SSSR count). The van der Waals surface area contributed by atoms with E-state index in [2.05, 4.69) is 56.7 Å². The van der Waals surface area contributed by atoms with Crippen LogP contribution in [0.5, 0.6) is 0 Å². The lowest BCUT2D eigenvalue weighted by molar-refractivity contribution is 0.254. The second-order valence-electron chi connectivity index (χ2n) is 8.28. The molecule has 0 saturated carbocycles. The summed E-state index contributed by atoms with van der Waals surface area (Å²) in [6, 6.07) is 12.0. The van der Waals surface area contributed by atoms with Crippen LogP contribution in [0.1, 0.15) is 43.1 Å². The van der Waals surface area contributed by atoms with Crippen molar-refractivity contribution in [3.8, 4) is 0 Å². The minimum atomic E-state index is 0.700. The molecule has 2 aliphatic heterocycles. The van der Waals surface area contributed by atoms with E-state index in [0.717, 1.165) is 32.7 Å². The van der Waals surface area contributed by atoms with E-state index in [-0.39, 0.29) is 0 Å². The van der Waals surface area contributed by atoms with E-state index in [9.17, 15) is 0 Å². The van der Waals surface area contributed by atoms with Crippen molar-refractivity contribution in [1.29, 1.82) is 0 Å². The van der Waals surface area contributed by atoms with E-state index in [0.29, 0.717) is 6.04 Å². The van der Waals surface area contributed by atoms with Gasteiger partial charge in [0.2, 0.25) is 0 Å². The van der Waals surface area contributed by atoms with Crippen LogP contribution in [0.3, 0.4) is 0 Å². The number of nitrogens with one attached hydrogen (secondary N) is 1. The van der Waals surface area contributed by atoms with Gasteiger partial charge >= 0.3 is 0 Å². The quantitative estimate of drug-likeness (QED) is 0.767. The molecular formula is C22H29N5. The molecule has 1 fully saturated rings. The van der Waals surface area contributed by atoms with E-state index in [1.165, 1.54) is 53.7 Å². The van der Waals surface area contributed by atoms with Crippen LogP contribution >= 0.6 is 0 Å². The first-order valence-corrected chi connectivity index (χ1v) is 10.3. The van der Waals surface area contributed by atoms with Crippen LogP contribution in [0.2, 0.25) is 0 Å². The third-order valence-electron chi connectivity index (χ3n) is 6.22. The van der Waals surface area contributed by atoms with Gasteiger partial charge in [0.25, 0.3) is 0 Å². The largest absolute Gasteiger partial charge is 0.361 e. The van der Waals surface area contributed by atoms with Crippen molar-refractivity contribution in [2.45, 2.75) is 58.4 Å². The van der Waals surface area contributed by atoms with Crippen molar-refractivity contribution in [2.24, 2.45) is 0 Å². The SMILES string of the molecule is CC1CCCN1Cc1cc2n(n1)CCCN(Cc1ccc3[nH]ccc3c1)C2. The van der Waals surface area contributed by atoms with Crippen LogP contribution in [0.15, 0.2) is 36.5 Å². The molecule has 0 amide bonds. The maximum absolute atomic E-state index is 4.93. The predicted octanol–water partition coefficient (Wildman–Crippen LogP) is 3.75. The Kier molecular flexibility index (Phi) is 4.50. The van der Waals surface area contributed by atoms with E-state index < -0.39 is 0 Å². The lowest BCUT2D eigenvalue weighted by Crippen LogP contribution is -2.26. The number of hydrogen-bond acceptors (Lipinski definition) is 3. The zero-order valence-electron chi connectivity index (χ0n) is 16.2. The number of hydrogen-bond donors (Lipinski definition) is 1. The molecule has 142 valence electrons. The molecule has 27 heavy (non-hydrogen) atoms. The average molecular weight is 364 g/mol. The van der Waals surface area contributed by atoms with Crippen LogP contribution in [-0.4, -0.2) is 43.7 Å². The number of rotatable bonds is 4. The van der Waals surface area contributed by atoms with Gasteiger partial charge in [-0.2, -0.15) is 5.10 Å². The summed E-state index contributed by atoms with van der Waals surface area (Å²) in [5.74, 6) is 0. The number of nitrogens with zero attached hydrogens (tertiary/aromatic N) is 4. The highest BCUT2D eigenvalue weighted by Gasteiger charge is 2.23. The Morgan fingerprint density at radius 1 is 1.07 bits per heavy atom. The van der Waals surface area contributed by atoms with Gasteiger partial charge in [-0.15, -0.1) is 0 Å². The van der Waals surface area contributed by atoms with Crippen molar-refractivity contribution < 1.29 is 0 Å². The summed E-state index contributed by atoms with van der Waals surface area (Å²) < 4.78 is 2.26. The lowest BCUT2D eigenvalue weighted by Gasteiger charge is -2.20. The number of likely N-dealkylation sites (tertiary alicyclic amines) is 1. The lowest BCUT2D eigenvalue weighted by atomic mass is 10.1. The van der Waals surface area contributed by atoms with Gasteiger partial charge in [-0.1, -0.05) is 6.07 Å². The van der Waals surface area contributed by atoms with E-state index in [1.807, 2.05) is 6.20 Å². The first-order chi connectivity index (χ1) is 13.2. The highest BCUT2D eigenvalue weighted by Crippen LogP contribution is 2.22. The summed E-state index contributed by atoms with van der Waals surface area (Å²) in [6.07, 6.45) is 5.84. The van der Waals surface area contributed by atoms with Crippen LogP contribution in [-0.2, 0) is 26.2 Å². The number of fused-ring (bicyclic) bond motifs is 2. The van der Waals surface area contributed by atoms with E-state index in [4.69, 9.17) is 5.10 Å². The molecule has 5 heteroatoms. The van der Waals surface area contributed by atoms with E-state index in [1.54, 1.807) is 0 Å². The monoisotopic (exact) mass is 363 g/mol. The number of aromatic nitrogens is 3. The molecule has 0 radical (unpaired) electrons. The van der Waals surface area contributed by atoms with Crippen LogP contribution in [0.4, 0.5) is 0 Å². The van der Waals surface area contributed by atoms with Gasteiger partial charge in [-0.05, 0) is 67.9 Å². The predicted molar refractivity (Wildman–Crippen MR) is 108 cm³/mol. The first kappa shape index (κ1) is 17.0. The summed E-state index contributed by atoms with van der Waals surface area (Å²) in [4.78, 5) is 8.42. The van der Waals surface area contributed by atoms with Gasteiger partial charge in [0.15, 0.2) is 0 Å². The molecule has 0 bridgehead atoms. The number of H-pyrrole nitrogens is 1. The fourth-order valence-electron chi connectivity index (χ4n) is 4.70. The van der Waals surface area contributed by atoms with Gasteiger partial charge < -0.3 is 4.98 Å². The molecule has 2 aromatic heterocycles. The summed E-state index contributed by atoms with van der Waals surface area (Å²) in [5.41, 5.74) is 5.22. The van der Waals surface area contributed by atoms with Crippen molar-refractivity contribution >= 4 is 10.9 Å². The van der Waals surface area contributed by atoms with Crippen molar-refractivity contribution in [2.75, 3.05) is 13.1 Å². The fourth-order valence-corrected chi connectivity index (χ4v) is 4.70. The third-order valence-corrected chi connectivity index (χ3v) is 6.22. The molecule has 1 atom stereocenters. The summed E-state index contributed by atoms with van der Waals surface area (Å²) in [6.45, 7) is 8.74. The smallest absolute Gasteiger partial charge is 0.0768 e. The first-order valence-electron chi connectivity index (χ1n) is 10.3. The minimum Gasteiger partial charge on any atom is -0.361 e. The Morgan fingerprint density at radius 3 is 2.93 bits per heavy atom. The molecule has 0 spiro atoms. The molecule has 1 N–H and O–H groups in total. The van der Waals surface area contributed by atoms with Gasteiger partial charge in [0.05, 0.1) is 11.4 Å². The maximum Gasteiger partial charge on any atom is 0.0768 e. The van der Waals surface area contributed by atoms with Crippen molar-refractivity contribution in [1.82, 2.24) is 24.6 Å². The zero-order valence-corrected chi connectivity index (χ0v) is 16.2. The van der Waals surface area contributed by atoms with Crippen molar-refractivity contribution in [3.05, 3.63) is 53.5 Å². The van der Waals surface area contributed by atoms with E-state index >= 15 is 0 Å². The summed E-state index contributed by atoms with van der Waals surface area (Å²) >= 11 is 0. The topological polar surface area (TPSA) is 40.1 Å². The molecule has 3 aromatic rings. The van der Waals surface area contributed by atoms with Gasteiger partial charge in [0, 0.05) is 50.5 Å². The van der Waals surface area contributed by atoms with Gasteiger partial charge in [-0.25, -0.2) is 0 Å². The molecular weight excluding hydrogens is 334 g/mol. The molecule has 1 unspecified atom stereocenters. The third kappa shape index (κ3) is 3.54. The molecule has 1 saturated heterocycles. The Balaban J connectivity index is 1.29. The molecule has 2 aliphatic rings. The van der Waals surface area contributed by atoms with Crippen LogP contribution in [0.25, 0.3) is 10.9 Å². The minimum absolute atomic E-state index is 0.700. The Bertz CT molecular complexity index is 924. The molecule has 0 aliphatic carbocycles. The standard InChI is InChI=1S/C22H29N5/c1-17-4-2-10-26(17)15-20-13-21-16-25(9-3-11-27(21)24-20)14-18-5-6-22-19(12-18)7-8-23-22/h5-8,12-13,17,23H,2-4,9-11,14-16H2,1H3. The van der Waals surface area contributed by atoms with Gasteiger partial charge in [-0.3, -0.25) is 14.5 Å².